The van der Waals surface area contributed by atoms with Gasteiger partial charge in [-0.15, -0.1) is 0 Å². The minimum Gasteiger partial charge on any atom is -0.390 e. The lowest BCUT2D eigenvalue weighted by molar-refractivity contribution is 0.138. The van der Waals surface area contributed by atoms with Gasteiger partial charge in [0.15, 0.2) is 5.82 Å². The molecule has 0 bridgehead atoms. The zero-order valence-corrected chi connectivity index (χ0v) is 17.9. The highest BCUT2D eigenvalue weighted by atomic mass is 19.1. The van der Waals surface area contributed by atoms with E-state index in [4.69, 9.17) is 5.73 Å². The highest BCUT2D eigenvalue weighted by Crippen LogP contribution is 2.29. The molecule has 3 aromatic rings. The minimum absolute atomic E-state index is 0.148. The Morgan fingerprint density at radius 1 is 1.18 bits per heavy atom. The molecule has 3 heterocycles. The SMILES string of the molecule is CC(C(CN=CN=CN)c1ccc(F)cc1F)N1CCn2nc(-c3ccc(F)nc3)nc2C1. The zero-order valence-electron chi connectivity index (χ0n) is 17.9. The Balaban J connectivity index is 1.57. The van der Waals surface area contributed by atoms with Crippen LogP contribution in [0.15, 0.2) is 46.5 Å². The van der Waals surface area contributed by atoms with Gasteiger partial charge in [-0.05, 0) is 30.7 Å². The summed E-state index contributed by atoms with van der Waals surface area (Å²) in [5.74, 6) is -0.963. The molecule has 2 aromatic heterocycles. The molecular formula is C22H23F3N8. The van der Waals surface area contributed by atoms with Crippen LogP contribution in [0.4, 0.5) is 13.2 Å². The van der Waals surface area contributed by atoms with Gasteiger partial charge in [0.25, 0.3) is 0 Å². The first kappa shape index (κ1) is 22.6. The van der Waals surface area contributed by atoms with E-state index < -0.39 is 17.6 Å². The molecule has 0 saturated heterocycles. The Kier molecular flexibility index (Phi) is 6.78. The third kappa shape index (κ3) is 5.08. The molecule has 0 amide bonds. The van der Waals surface area contributed by atoms with Crippen molar-refractivity contribution in [3.8, 4) is 11.4 Å². The molecule has 0 saturated carbocycles. The molecule has 2 atom stereocenters. The highest BCUT2D eigenvalue weighted by Gasteiger charge is 2.31. The van der Waals surface area contributed by atoms with Crippen molar-refractivity contribution in [1.29, 1.82) is 0 Å². The van der Waals surface area contributed by atoms with Gasteiger partial charge in [0.1, 0.15) is 23.8 Å². The first-order valence-corrected chi connectivity index (χ1v) is 10.4. The van der Waals surface area contributed by atoms with E-state index in [0.717, 1.165) is 18.2 Å². The fraction of sp³-hybridized carbons (Fsp3) is 0.318. The third-order valence-corrected chi connectivity index (χ3v) is 5.73. The first-order valence-electron chi connectivity index (χ1n) is 10.4. The zero-order chi connectivity index (χ0) is 23.4. The Hall–Kier alpha value is -3.60. The normalized spacial score (nSPS) is 16.4. The maximum absolute atomic E-state index is 14.6. The van der Waals surface area contributed by atoms with E-state index >= 15 is 0 Å². The van der Waals surface area contributed by atoms with Crippen LogP contribution in [0.2, 0.25) is 0 Å². The smallest absolute Gasteiger partial charge is 0.212 e. The van der Waals surface area contributed by atoms with Crippen molar-refractivity contribution in [3.05, 3.63) is 65.5 Å². The topological polar surface area (TPSA) is 97.6 Å². The van der Waals surface area contributed by atoms with Crippen LogP contribution in [0.25, 0.3) is 11.4 Å². The quantitative estimate of drug-likeness (QED) is 0.335. The highest BCUT2D eigenvalue weighted by molar-refractivity contribution is 5.69. The number of aliphatic imine (C=N–C) groups is 2. The number of fused-ring (bicyclic) bond motifs is 1. The molecule has 11 heteroatoms. The lowest BCUT2D eigenvalue weighted by atomic mass is 9.90. The number of hydrogen-bond donors (Lipinski definition) is 1. The molecule has 0 aliphatic carbocycles. The summed E-state index contributed by atoms with van der Waals surface area (Å²) < 4.78 is 43.1. The standard InChI is InChI=1S/C22H23F3N8/c1-14(18(10-27-13-28-12-26)17-4-3-16(23)8-19(17)24)32-6-7-33-21(11-32)30-22(31-33)15-2-5-20(25)29-9-15/h2-5,8-9,12-14,18H,6-7,10-11H2,1H3,(H2,26,27,28). The molecule has 0 fully saturated rings. The minimum atomic E-state index is -0.632. The third-order valence-electron chi connectivity index (χ3n) is 5.73. The molecular weight excluding hydrogens is 433 g/mol. The number of aromatic nitrogens is 4. The van der Waals surface area contributed by atoms with Gasteiger partial charge in [0.2, 0.25) is 5.95 Å². The second-order valence-corrected chi connectivity index (χ2v) is 7.71. The maximum atomic E-state index is 14.6. The summed E-state index contributed by atoms with van der Waals surface area (Å²) in [5, 5.41) is 4.50. The molecule has 0 spiro atoms. The van der Waals surface area contributed by atoms with Gasteiger partial charge in [-0.1, -0.05) is 6.07 Å². The largest absolute Gasteiger partial charge is 0.390 e. The second-order valence-electron chi connectivity index (χ2n) is 7.71. The van der Waals surface area contributed by atoms with E-state index in [2.05, 4.69) is 30.0 Å². The van der Waals surface area contributed by atoms with Crippen LogP contribution in [-0.2, 0) is 13.1 Å². The summed E-state index contributed by atoms with van der Waals surface area (Å²) in [4.78, 5) is 18.4. The Bertz CT molecular complexity index is 1160. The van der Waals surface area contributed by atoms with Crippen LogP contribution in [0.3, 0.4) is 0 Å². The van der Waals surface area contributed by atoms with Gasteiger partial charge < -0.3 is 5.73 Å². The molecule has 1 aliphatic heterocycles. The van der Waals surface area contributed by atoms with Crippen LogP contribution in [0.5, 0.6) is 0 Å². The average Bonchev–Trinajstić information content (AvgIpc) is 3.23. The molecule has 8 nitrogen and oxygen atoms in total. The number of rotatable bonds is 7. The van der Waals surface area contributed by atoms with Gasteiger partial charge in [-0.25, -0.2) is 28.4 Å². The predicted molar refractivity (Wildman–Crippen MR) is 118 cm³/mol. The number of hydrogen-bond acceptors (Lipinski definition) is 5. The van der Waals surface area contributed by atoms with E-state index in [1.165, 1.54) is 30.7 Å². The summed E-state index contributed by atoms with van der Waals surface area (Å²) in [6.07, 6.45) is 3.83. The number of benzene rings is 1. The fourth-order valence-corrected chi connectivity index (χ4v) is 3.95. The van der Waals surface area contributed by atoms with E-state index in [9.17, 15) is 13.2 Å². The summed E-state index contributed by atoms with van der Waals surface area (Å²) >= 11 is 0. The number of pyridine rings is 1. The van der Waals surface area contributed by atoms with Crippen LogP contribution in [0.1, 0.15) is 24.2 Å². The van der Waals surface area contributed by atoms with Gasteiger partial charge in [0.05, 0.1) is 19.4 Å². The van der Waals surface area contributed by atoms with Crippen molar-refractivity contribution in [2.75, 3.05) is 13.1 Å². The number of nitrogens with two attached hydrogens (primary N) is 1. The van der Waals surface area contributed by atoms with E-state index in [-0.39, 0.29) is 18.5 Å². The van der Waals surface area contributed by atoms with E-state index in [1.54, 1.807) is 6.07 Å². The molecule has 1 aromatic carbocycles. The molecule has 0 radical (unpaired) electrons. The van der Waals surface area contributed by atoms with Crippen LogP contribution in [0, 0.1) is 17.6 Å². The fourth-order valence-electron chi connectivity index (χ4n) is 3.95. The summed E-state index contributed by atoms with van der Waals surface area (Å²) in [7, 11) is 0. The average molecular weight is 456 g/mol. The Morgan fingerprint density at radius 2 is 2.03 bits per heavy atom. The van der Waals surface area contributed by atoms with E-state index in [0.29, 0.717) is 36.6 Å². The van der Waals surface area contributed by atoms with Gasteiger partial charge in [-0.2, -0.15) is 9.49 Å². The van der Waals surface area contributed by atoms with Crippen molar-refractivity contribution in [2.24, 2.45) is 15.7 Å². The van der Waals surface area contributed by atoms with Crippen LogP contribution in [-0.4, -0.2) is 56.5 Å². The Labute approximate surface area is 188 Å². The van der Waals surface area contributed by atoms with Crippen LogP contribution < -0.4 is 5.73 Å². The summed E-state index contributed by atoms with van der Waals surface area (Å²) in [6.45, 7) is 3.94. The van der Waals surface area contributed by atoms with Crippen molar-refractivity contribution in [3.63, 3.8) is 0 Å². The molecule has 4 rings (SSSR count). The molecule has 2 unspecified atom stereocenters. The summed E-state index contributed by atoms with van der Waals surface area (Å²) in [6, 6.07) is 6.28. The predicted octanol–water partition coefficient (Wildman–Crippen LogP) is 2.76. The molecule has 2 N–H and O–H groups in total. The lowest BCUT2D eigenvalue weighted by Crippen LogP contribution is -2.43. The number of halogens is 3. The van der Waals surface area contributed by atoms with Crippen molar-refractivity contribution in [2.45, 2.75) is 32.0 Å². The van der Waals surface area contributed by atoms with Crippen molar-refractivity contribution >= 4 is 12.7 Å². The lowest BCUT2D eigenvalue weighted by Gasteiger charge is -2.36. The number of nitrogens with zero attached hydrogens (tertiary/aromatic N) is 7. The first-order chi connectivity index (χ1) is 16.0. The van der Waals surface area contributed by atoms with E-state index in [1.807, 2.05) is 11.6 Å². The molecule has 33 heavy (non-hydrogen) atoms. The van der Waals surface area contributed by atoms with Gasteiger partial charge in [0, 0.05) is 42.9 Å². The summed E-state index contributed by atoms with van der Waals surface area (Å²) in [5.41, 5.74) is 6.24. The van der Waals surface area contributed by atoms with Gasteiger partial charge >= 0.3 is 0 Å². The molecule has 1 aliphatic rings. The molecule has 172 valence electrons. The Morgan fingerprint density at radius 3 is 2.76 bits per heavy atom. The van der Waals surface area contributed by atoms with Crippen LogP contribution >= 0.6 is 0 Å². The van der Waals surface area contributed by atoms with Crippen molar-refractivity contribution in [1.82, 2.24) is 24.6 Å². The van der Waals surface area contributed by atoms with Gasteiger partial charge in [-0.3, -0.25) is 9.89 Å². The van der Waals surface area contributed by atoms with Crippen molar-refractivity contribution < 1.29 is 13.2 Å². The monoisotopic (exact) mass is 456 g/mol. The maximum Gasteiger partial charge on any atom is 0.212 e. The second kappa shape index (κ2) is 9.90.